The van der Waals surface area contributed by atoms with E-state index in [4.69, 9.17) is 43.0 Å². The van der Waals surface area contributed by atoms with Crippen LogP contribution in [0.5, 0.6) is 23.0 Å². The molecule has 0 spiro atoms. The summed E-state index contributed by atoms with van der Waals surface area (Å²) in [6.45, 7) is 6.44. The van der Waals surface area contributed by atoms with Crippen molar-refractivity contribution >= 4 is 45.9 Å². The first-order chi connectivity index (χ1) is 42.2. The fourth-order valence-electron chi connectivity index (χ4n) is 10.8. The molecule has 87 heavy (non-hydrogen) atoms. The van der Waals surface area contributed by atoms with E-state index >= 15 is 0 Å². The Morgan fingerprint density at radius 2 is 1.07 bits per heavy atom. The van der Waals surface area contributed by atoms with E-state index in [0.717, 1.165) is 54.4 Å². The molecule has 4 aliphatic rings. The molecule has 21 heteroatoms. The molecule has 448 valence electrons. The number of rotatable bonds is 13. The lowest BCUT2D eigenvalue weighted by Gasteiger charge is -2.30. The molecule has 0 saturated carbocycles. The number of furan rings is 2. The topological polar surface area (TPSA) is 306 Å². The number of carboxylic acid groups (broad SMARTS) is 1. The third kappa shape index (κ3) is 14.1. The predicted octanol–water partition coefficient (Wildman–Crippen LogP) is 9.91. The monoisotopic (exact) mass is 1180 g/mol. The van der Waals surface area contributed by atoms with Crippen LogP contribution >= 0.6 is 0 Å². The van der Waals surface area contributed by atoms with Crippen LogP contribution in [0.15, 0.2) is 118 Å². The minimum Gasteiger partial charge on any atom is -0.496 e. The summed E-state index contributed by atoms with van der Waals surface area (Å²) in [4.78, 5) is 55.6. The van der Waals surface area contributed by atoms with Crippen LogP contribution in [-0.4, -0.2) is 116 Å². The predicted molar refractivity (Wildman–Crippen MR) is 321 cm³/mol. The maximum Gasteiger partial charge on any atom is 0.335 e. The number of nitriles is 2. The Morgan fingerprint density at radius 1 is 0.598 bits per heavy atom. The van der Waals surface area contributed by atoms with Crippen molar-refractivity contribution in [3.05, 3.63) is 132 Å². The second-order valence-electron chi connectivity index (χ2n) is 21.5. The number of nitrogens with one attached hydrogen (secondary N) is 3. The maximum atomic E-state index is 13.0. The highest BCUT2D eigenvalue weighted by Crippen LogP contribution is 2.41. The highest BCUT2D eigenvalue weighted by molar-refractivity contribution is 5.98. The van der Waals surface area contributed by atoms with Crippen LogP contribution in [0.4, 0.5) is 0 Å². The molecule has 4 atom stereocenters. The van der Waals surface area contributed by atoms with Crippen LogP contribution in [0.3, 0.4) is 0 Å². The fraction of sp³-hybridized carbons (Fsp3) is 0.333. The number of carboxylic acids is 1. The molecule has 4 fully saturated rings. The Balaban J connectivity index is 0.000000171. The molecule has 12 rings (SSSR count). The van der Waals surface area contributed by atoms with Gasteiger partial charge in [0, 0.05) is 104 Å². The summed E-state index contributed by atoms with van der Waals surface area (Å²) in [6, 6.07) is 32.6. The Kier molecular flexibility index (Phi) is 19.1. The van der Waals surface area contributed by atoms with Crippen LogP contribution in [-0.2, 0) is 19.1 Å². The van der Waals surface area contributed by atoms with Crippen LogP contribution in [0.2, 0.25) is 0 Å². The molecule has 3 amide bonds. The normalized spacial score (nSPS) is 18.7. The lowest BCUT2D eigenvalue weighted by Crippen LogP contribution is -2.53. The number of nitrogens with two attached hydrogens (primary N) is 1. The van der Waals surface area contributed by atoms with Crippen molar-refractivity contribution in [2.45, 2.75) is 102 Å². The van der Waals surface area contributed by atoms with Crippen molar-refractivity contribution in [1.29, 1.82) is 10.5 Å². The van der Waals surface area contributed by atoms with Gasteiger partial charge in [-0.25, -0.2) is 4.79 Å². The number of carbonyl (C=O) groups is 4. The molecular formula is C66H66N8O13. The first kappa shape index (κ1) is 60.3. The Hall–Kier alpha value is -9.80. The number of methoxy groups -OCH3 is 2. The molecule has 4 saturated heterocycles. The summed E-state index contributed by atoms with van der Waals surface area (Å²) >= 11 is 0. The number of nitrogens with zero attached hydrogens (tertiary/aromatic N) is 4. The van der Waals surface area contributed by atoms with Crippen LogP contribution < -0.4 is 40.6 Å². The minimum atomic E-state index is -1.04. The average Bonchev–Trinajstić information content (AvgIpc) is 2.36. The molecule has 4 aliphatic heterocycles. The lowest BCUT2D eigenvalue weighted by atomic mass is 9.98. The SMILES string of the molecule is CC1NC(=O)CCC1N.COc1cc(C(=O)NC2CCC(=O)NC2C)ccc1-c1cc2nccc(-c3ccc(OC4CCOCC4)c(C#N)c3)c2o1.COc1cc(C(=O)O)ccc1-c1cc2nccc(-c3ccc(OC4CCOCC4)c(C#N)c3)c2o1. The number of hydrogen-bond donors (Lipinski definition) is 5. The number of pyridine rings is 2. The molecule has 0 radical (unpaired) electrons. The van der Waals surface area contributed by atoms with Crippen LogP contribution in [0.25, 0.3) is 67.1 Å². The Bertz CT molecular complexity index is 3930. The van der Waals surface area contributed by atoms with E-state index in [1.807, 2.05) is 56.3 Å². The number of hydrogen-bond acceptors (Lipinski definition) is 17. The summed E-state index contributed by atoms with van der Waals surface area (Å²) in [7, 11) is 3.02. The zero-order valence-corrected chi connectivity index (χ0v) is 48.6. The van der Waals surface area contributed by atoms with Gasteiger partial charge in [-0.15, -0.1) is 0 Å². The largest absolute Gasteiger partial charge is 0.496 e. The molecule has 8 aromatic rings. The van der Waals surface area contributed by atoms with Gasteiger partial charge in [-0.3, -0.25) is 24.4 Å². The smallest absolute Gasteiger partial charge is 0.335 e. The minimum absolute atomic E-state index is 0.00499. The highest BCUT2D eigenvalue weighted by atomic mass is 16.5. The van der Waals surface area contributed by atoms with Gasteiger partial charge in [-0.05, 0) is 111 Å². The average molecular weight is 1180 g/mol. The van der Waals surface area contributed by atoms with Crippen molar-refractivity contribution in [3.63, 3.8) is 0 Å². The highest BCUT2D eigenvalue weighted by Gasteiger charge is 2.28. The van der Waals surface area contributed by atoms with Gasteiger partial charge in [0.2, 0.25) is 11.8 Å². The van der Waals surface area contributed by atoms with E-state index in [1.54, 1.807) is 62.0 Å². The van der Waals surface area contributed by atoms with Crippen molar-refractivity contribution in [1.82, 2.24) is 25.9 Å². The third-order valence-corrected chi connectivity index (χ3v) is 15.7. The molecule has 4 unspecified atom stereocenters. The molecule has 4 aromatic heterocycles. The molecule has 8 heterocycles. The molecule has 4 aromatic carbocycles. The van der Waals surface area contributed by atoms with E-state index in [1.165, 1.54) is 19.2 Å². The van der Waals surface area contributed by atoms with Gasteiger partial charge >= 0.3 is 5.97 Å². The van der Waals surface area contributed by atoms with Crippen molar-refractivity contribution in [3.8, 4) is 80.0 Å². The van der Waals surface area contributed by atoms with Gasteiger partial charge in [-0.1, -0.05) is 12.1 Å². The number of carbonyl (C=O) groups excluding carboxylic acids is 3. The van der Waals surface area contributed by atoms with Gasteiger partial charge in [0.1, 0.15) is 69.9 Å². The number of ether oxygens (including phenoxy) is 6. The lowest BCUT2D eigenvalue weighted by molar-refractivity contribution is -0.124. The quantitative estimate of drug-likeness (QED) is 0.0717. The summed E-state index contributed by atoms with van der Waals surface area (Å²) in [6.07, 6.45) is 9.00. The van der Waals surface area contributed by atoms with Gasteiger partial charge < -0.3 is 64.0 Å². The second-order valence-corrected chi connectivity index (χ2v) is 21.5. The number of aromatic nitrogens is 2. The van der Waals surface area contributed by atoms with Gasteiger partial charge in [0.05, 0.1) is 68.5 Å². The van der Waals surface area contributed by atoms with Gasteiger partial charge in [-0.2, -0.15) is 10.5 Å². The molecule has 21 nitrogen and oxygen atoms in total. The van der Waals surface area contributed by atoms with E-state index in [-0.39, 0.29) is 59.7 Å². The summed E-state index contributed by atoms with van der Waals surface area (Å²) in [5.74, 6) is 1.82. The van der Waals surface area contributed by atoms with E-state index in [2.05, 4.69) is 38.1 Å². The Labute approximate surface area is 501 Å². The van der Waals surface area contributed by atoms with Crippen molar-refractivity contribution in [2.24, 2.45) is 5.73 Å². The number of piperidine rings is 2. The second kappa shape index (κ2) is 27.5. The molecular weight excluding hydrogens is 1110 g/mol. The van der Waals surface area contributed by atoms with E-state index < -0.39 is 5.97 Å². The zero-order valence-electron chi connectivity index (χ0n) is 48.6. The summed E-state index contributed by atoms with van der Waals surface area (Å²) in [5, 5.41) is 37.6. The first-order valence-electron chi connectivity index (χ1n) is 28.8. The molecule has 0 bridgehead atoms. The maximum absolute atomic E-state index is 13.0. The van der Waals surface area contributed by atoms with E-state index in [0.29, 0.717) is 130 Å². The standard InChI is InChI=1S/C33H32N4O6.C27H22N2O6.C6H12N2O/c1-19-26(6-8-31(38)36-19)37-33(39)21-3-5-25(29(16-21)40-2)30-17-27-32(43-30)24(9-12-35-27)20-4-7-28(22(15-20)18-34)42-23-10-13-41-14-11-23;1-32-24-13-17(27(30)31)2-4-21(24)25-14-22-26(35-25)20(6-9-29-22)16-3-5-23(18(12-16)15-28)34-19-7-10-33-11-8-19;1-4-5(7)2-3-6(9)8-4/h3-5,7,9,12,15-17,19,23,26H,6,8,10-11,13-14H2,1-2H3,(H,36,38)(H,37,39);2-6,9,12-14,19H,7-8,10-11H2,1H3,(H,30,31);4-5H,2-3,7H2,1H3,(H,8,9). The number of fused-ring (bicyclic) bond motifs is 2. The van der Waals surface area contributed by atoms with Gasteiger partial charge in [0.15, 0.2) is 11.2 Å². The molecule has 0 aliphatic carbocycles. The fourth-order valence-corrected chi connectivity index (χ4v) is 10.8. The van der Waals surface area contributed by atoms with Crippen molar-refractivity contribution in [2.75, 3.05) is 40.6 Å². The Morgan fingerprint density at radius 3 is 1.52 bits per heavy atom. The first-order valence-corrected chi connectivity index (χ1v) is 28.8. The number of aromatic carboxylic acids is 1. The van der Waals surface area contributed by atoms with Crippen LogP contribution in [0.1, 0.15) is 97.1 Å². The van der Waals surface area contributed by atoms with Crippen molar-refractivity contribution < 1.29 is 61.5 Å². The third-order valence-electron chi connectivity index (χ3n) is 15.7. The zero-order chi connectivity index (χ0) is 61.1. The number of amides is 3. The molecule has 6 N–H and O–H groups in total. The van der Waals surface area contributed by atoms with Crippen LogP contribution in [0, 0.1) is 22.7 Å². The van der Waals surface area contributed by atoms with Gasteiger partial charge in [0.25, 0.3) is 5.91 Å². The number of benzene rings is 4. The van der Waals surface area contributed by atoms with E-state index in [9.17, 15) is 34.8 Å². The summed E-state index contributed by atoms with van der Waals surface area (Å²) < 4.78 is 46.6. The summed E-state index contributed by atoms with van der Waals surface area (Å²) in [5.41, 5.74) is 13.9.